The lowest BCUT2D eigenvalue weighted by molar-refractivity contribution is -0.220. The van der Waals surface area contributed by atoms with Crippen molar-refractivity contribution in [1.29, 1.82) is 0 Å². The van der Waals surface area contributed by atoms with E-state index in [9.17, 15) is 44.6 Å². The average Bonchev–Trinajstić information content (AvgIpc) is 3.30. The predicted octanol–water partition coefficient (Wildman–Crippen LogP) is 11.8. The van der Waals surface area contributed by atoms with Gasteiger partial charge in [0.15, 0.2) is 6.10 Å². The van der Waals surface area contributed by atoms with E-state index in [1.54, 1.807) is 0 Å². The highest BCUT2D eigenvalue weighted by atomic mass is 31.2. The zero-order valence-corrected chi connectivity index (χ0v) is 42.7. The Labute approximate surface area is 401 Å². The highest BCUT2D eigenvalue weighted by Crippen LogP contribution is 2.47. The molecule has 0 bridgehead atoms. The molecule has 1 saturated carbocycles. The maximum Gasteiger partial charge on any atom is 0.472 e. The highest BCUT2D eigenvalue weighted by Gasteiger charge is 2.51. The van der Waals surface area contributed by atoms with E-state index in [0.717, 1.165) is 51.4 Å². The van der Waals surface area contributed by atoms with Gasteiger partial charge in [0.05, 0.1) is 6.61 Å². The largest absolute Gasteiger partial charge is 0.472 e. The number of phosphoric ester groups is 1. The van der Waals surface area contributed by atoms with Crippen molar-refractivity contribution in [2.24, 2.45) is 0 Å². The molecule has 0 heterocycles. The Morgan fingerprint density at radius 2 is 0.773 bits per heavy atom. The number of phosphoric acid groups is 1. The monoisotopic (exact) mass is 963 g/mol. The number of carbonyl (C=O) groups is 2. The van der Waals surface area contributed by atoms with Gasteiger partial charge in [0.1, 0.15) is 43.2 Å². The topological polar surface area (TPSA) is 210 Å². The first-order chi connectivity index (χ1) is 31.9. The molecule has 0 aromatic rings. The van der Waals surface area contributed by atoms with Gasteiger partial charge < -0.3 is 39.9 Å². The van der Waals surface area contributed by atoms with Crippen LogP contribution in [-0.4, -0.2) is 98.3 Å². The maximum absolute atomic E-state index is 12.9. The third-order valence-electron chi connectivity index (χ3n) is 12.9. The molecule has 8 atom stereocenters. The van der Waals surface area contributed by atoms with E-state index < -0.39 is 75.7 Å². The van der Waals surface area contributed by atoms with Crippen molar-refractivity contribution in [3.63, 3.8) is 0 Å². The zero-order valence-electron chi connectivity index (χ0n) is 41.8. The van der Waals surface area contributed by atoms with Crippen molar-refractivity contribution in [3.05, 3.63) is 12.2 Å². The van der Waals surface area contributed by atoms with Crippen molar-refractivity contribution < 1.29 is 63.1 Å². The van der Waals surface area contributed by atoms with E-state index in [1.807, 2.05) is 0 Å². The first-order valence-corrected chi connectivity index (χ1v) is 28.5. The van der Waals surface area contributed by atoms with Crippen LogP contribution in [0.2, 0.25) is 0 Å². The summed E-state index contributed by atoms with van der Waals surface area (Å²) in [5.74, 6) is -1.09. The summed E-state index contributed by atoms with van der Waals surface area (Å²) in [6, 6.07) is 0. The molecular weight excluding hydrogens is 864 g/mol. The molecule has 0 amide bonds. The first-order valence-electron chi connectivity index (χ1n) is 27.0. The quantitative estimate of drug-likeness (QED) is 0.0145. The molecule has 13 nitrogen and oxygen atoms in total. The fourth-order valence-electron chi connectivity index (χ4n) is 8.52. The Morgan fingerprint density at radius 3 is 1.17 bits per heavy atom. The lowest BCUT2D eigenvalue weighted by Crippen LogP contribution is -2.64. The number of aliphatic hydroxyl groups excluding tert-OH is 5. The summed E-state index contributed by atoms with van der Waals surface area (Å²) in [6.45, 7) is 3.34. The molecule has 0 saturated heterocycles. The van der Waals surface area contributed by atoms with E-state index in [2.05, 4.69) is 26.0 Å². The van der Waals surface area contributed by atoms with Crippen molar-refractivity contribution in [3.8, 4) is 0 Å². The highest BCUT2D eigenvalue weighted by molar-refractivity contribution is 7.47. The van der Waals surface area contributed by atoms with Gasteiger partial charge >= 0.3 is 19.8 Å². The molecule has 1 aliphatic rings. The minimum Gasteiger partial charge on any atom is -0.462 e. The third-order valence-corrected chi connectivity index (χ3v) is 13.8. The minimum atomic E-state index is -5.12. The standard InChI is InChI=1S/C52H99O13P/c1-3-5-7-9-11-13-15-17-19-21-22-23-25-26-28-30-32-34-36-38-40-45(53)62-42-44(43-63-66(60,61)65-52-50(58)48(56)47(55)49(57)51(52)59)64-46(54)41-39-37-35-33-31-29-27-24-20-18-16-14-12-10-8-6-4-2/h14,16,44,47-52,55-59H,3-13,15,17-43H2,1-2H3,(H,60,61)/b16-14+/t44-,47?,48-,49?,50?,51?,52?/m0/s1. The van der Waals surface area contributed by atoms with Crippen LogP contribution in [0, 0.1) is 0 Å². The number of allylic oxidation sites excluding steroid dienone is 2. The number of unbranched alkanes of at least 4 members (excludes halogenated alkanes) is 32. The molecule has 0 spiro atoms. The Hall–Kier alpha value is -1.41. The van der Waals surface area contributed by atoms with E-state index in [4.69, 9.17) is 18.5 Å². The Kier molecular flexibility index (Phi) is 40.3. The van der Waals surface area contributed by atoms with E-state index in [0.29, 0.717) is 12.8 Å². The Morgan fingerprint density at radius 1 is 0.455 bits per heavy atom. The van der Waals surface area contributed by atoms with Gasteiger partial charge in [0, 0.05) is 12.8 Å². The molecule has 0 aromatic heterocycles. The van der Waals surface area contributed by atoms with Crippen LogP contribution in [0.5, 0.6) is 0 Å². The number of ether oxygens (including phenoxy) is 2. The van der Waals surface area contributed by atoms with Gasteiger partial charge in [-0.2, -0.15) is 0 Å². The lowest BCUT2D eigenvalue weighted by atomic mass is 9.85. The van der Waals surface area contributed by atoms with Gasteiger partial charge in [0.25, 0.3) is 0 Å². The van der Waals surface area contributed by atoms with Crippen LogP contribution in [0.4, 0.5) is 0 Å². The second-order valence-electron chi connectivity index (χ2n) is 19.1. The molecule has 1 aliphatic carbocycles. The van der Waals surface area contributed by atoms with Crippen molar-refractivity contribution in [2.45, 2.75) is 294 Å². The number of carbonyl (C=O) groups excluding carboxylic acids is 2. The van der Waals surface area contributed by atoms with Crippen LogP contribution >= 0.6 is 7.82 Å². The summed E-state index contributed by atoms with van der Waals surface area (Å²) >= 11 is 0. The number of hydrogen-bond acceptors (Lipinski definition) is 12. The molecule has 0 radical (unpaired) electrons. The number of rotatable bonds is 46. The van der Waals surface area contributed by atoms with Gasteiger partial charge in [0.2, 0.25) is 0 Å². The molecule has 1 rings (SSSR count). The molecule has 390 valence electrons. The van der Waals surface area contributed by atoms with Crippen LogP contribution in [0.25, 0.3) is 0 Å². The van der Waals surface area contributed by atoms with Crippen LogP contribution in [-0.2, 0) is 32.7 Å². The molecule has 14 heteroatoms. The summed E-state index contributed by atoms with van der Waals surface area (Å²) < 4.78 is 33.7. The third kappa shape index (κ3) is 34.0. The Balaban J connectivity index is 2.35. The molecule has 0 aliphatic heterocycles. The van der Waals surface area contributed by atoms with Crippen LogP contribution in [0.3, 0.4) is 0 Å². The second-order valence-corrected chi connectivity index (χ2v) is 20.5. The number of aliphatic hydroxyl groups is 5. The second kappa shape index (κ2) is 42.5. The summed E-state index contributed by atoms with van der Waals surface area (Å²) in [5, 5.41) is 50.3. The molecule has 1 fully saturated rings. The van der Waals surface area contributed by atoms with E-state index in [-0.39, 0.29) is 12.8 Å². The molecular formula is C52H99O13P. The molecule has 6 unspecified atom stereocenters. The van der Waals surface area contributed by atoms with Crippen LogP contribution in [0.15, 0.2) is 12.2 Å². The lowest BCUT2D eigenvalue weighted by Gasteiger charge is -2.41. The van der Waals surface area contributed by atoms with Crippen molar-refractivity contribution in [1.82, 2.24) is 0 Å². The van der Waals surface area contributed by atoms with Gasteiger partial charge in [-0.25, -0.2) is 4.57 Å². The molecule has 66 heavy (non-hydrogen) atoms. The smallest absolute Gasteiger partial charge is 0.462 e. The minimum absolute atomic E-state index is 0.0990. The van der Waals surface area contributed by atoms with E-state index >= 15 is 0 Å². The zero-order chi connectivity index (χ0) is 48.5. The average molecular weight is 963 g/mol. The number of hydrogen-bond donors (Lipinski definition) is 6. The van der Waals surface area contributed by atoms with Gasteiger partial charge in [-0.05, 0) is 38.5 Å². The van der Waals surface area contributed by atoms with Crippen molar-refractivity contribution >= 4 is 19.8 Å². The van der Waals surface area contributed by atoms with E-state index in [1.165, 1.54) is 161 Å². The predicted molar refractivity (Wildman–Crippen MR) is 263 cm³/mol. The van der Waals surface area contributed by atoms with Gasteiger partial charge in [-0.15, -0.1) is 0 Å². The molecule has 0 aromatic carbocycles. The van der Waals surface area contributed by atoms with Crippen LogP contribution < -0.4 is 0 Å². The summed E-state index contributed by atoms with van der Waals surface area (Å²) in [5.41, 5.74) is 0. The fraction of sp³-hybridized carbons (Fsp3) is 0.923. The number of esters is 2. The summed E-state index contributed by atoms with van der Waals surface area (Å²) in [4.78, 5) is 35.9. The first kappa shape index (κ1) is 62.6. The SMILES string of the molecule is CCCCCC/C=C/CCCCCCCCCCCC(=O)O[C@@H](COC(=O)CCCCCCCCCCCCCCCCCCCCCC)COP(=O)(O)OC1C(O)C(O)C(O)[C@H](O)C1O. The fourth-order valence-corrected chi connectivity index (χ4v) is 9.49. The Bertz CT molecular complexity index is 1200. The maximum atomic E-state index is 12.9. The normalized spacial score (nSPS) is 21.3. The van der Waals surface area contributed by atoms with Crippen molar-refractivity contribution in [2.75, 3.05) is 13.2 Å². The van der Waals surface area contributed by atoms with Gasteiger partial charge in [-0.3, -0.25) is 18.6 Å². The molecule has 6 N–H and O–H groups in total. The van der Waals surface area contributed by atoms with Gasteiger partial charge in [-0.1, -0.05) is 212 Å². The summed E-state index contributed by atoms with van der Waals surface area (Å²) in [7, 11) is -5.12. The summed E-state index contributed by atoms with van der Waals surface area (Å²) in [6.07, 6.45) is 34.0. The van der Waals surface area contributed by atoms with Crippen LogP contribution in [0.1, 0.15) is 251 Å².